The Morgan fingerprint density at radius 2 is 1.94 bits per heavy atom. The number of aliphatic hydroxyl groups is 1. The lowest BCUT2D eigenvalue weighted by Crippen LogP contribution is -2.43. The van der Waals surface area contributed by atoms with Gasteiger partial charge in [0.25, 0.3) is 0 Å². The van der Waals surface area contributed by atoms with Gasteiger partial charge in [-0.25, -0.2) is 0 Å². The van der Waals surface area contributed by atoms with Crippen LogP contribution in [0.2, 0.25) is 0 Å². The van der Waals surface area contributed by atoms with E-state index in [-0.39, 0.29) is 5.97 Å². The molecule has 0 unspecified atom stereocenters. The Bertz CT molecular complexity index is 251. The van der Waals surface area contributed by atoms with E-state index in [1.165, 1.54) is 7.11 Å². The number of esters is 1. The molecule has 1 saturated carbocycles. The molecule has 0 amide bonds. The summed E-state index contributed by atoms with van der Waals surface area (Å²) in [5.41, 5.74) is -0.580. The Hall–Kier alpha value is -0.650. The molecule has 1 aliphatic carbocycles. The smallest absolute Gasteiger partial charge is 0.306 e. The molecular weight excluding hydrogens is 234 g/mol. The summed E-state index contributed by atoms with van der Waals surface area (Å²) in [4.78, 5) is 13.3. The fourth-order valence-corrected chi connectivity index (χ4v) is 2.45. The highest BCUT2D eigenvalue weighted by molar-refractivity contribution is 5.69. The second-order valence-electron chi connectivity index (χ2n) is 5.03. The molecule has 5 nitrogen and oxygen atoms in total. The van der Waals surface area contributed by atoms with Crippen LogP contribution in [0.25, 0.3) is 0 Å². The van der Waals surface area contributed by atoms with Gasteiger partial charge in [-0.1, -0.05) is 12.8 Å². The molecule has 1 rings (SSSR count). The van der Waals surface area contributed by atoms with E-state index in [1.807, 2.05) is 0 Å². The lowest BCUT2D eigenvalue weighted by atomic mass is 10.0. The van der Waals surface area contributed by atoms with E-state index in [9.17, 15) is 9.90 Å². The number of nitrogens with zero attached hydrogens (tertiary/aromatic N) is 1. The largest absolute Gasteiger partial charge is 0.469 e. The molecule has 0 atom stereocenters. The van der Waals surface area contributed by atoms with Crippen molar-refractivity contribution in [2.75, 3.05) is 40.5 Å². The number of hydrogen-bond acceptors (Lipinski definition) is 5. The first kappa shape index (κ1) is 15.4. The Labute approximate surface area is 109 Å². The highest BCUT2D eigenvalue weighted by Gasteiger charge is 2.32. The second-order valence-corrected chi connectivity index (χ2v) is 5.03. The minimum Gasteiger partial charge on any atom is -0.469 e. The van der Waals surface area contributed by atoms with Crippen molar-refractivity contribution in [3.05, 3.63) is 0 Å². The third-order valence-corrected chi connectivity index (χ3v) is 3.52. The molecule has 0 radical (unpaired) electrons. The van der Waals surface area contributed by atoms with Crippen LogP contribution in [-0.4, -0.2) is 62.0 Å². The molecule has 0 saturated heterocycles. The van der Waals surface area contributed by atoms with Crippen molar-refractivity contribution < 1.29 is 19.4 Å². The van der Waals surface area contributed by atoms with Crippen molar-refractivity contribution in [1.29, 1.82) is 0 Å². The lowest BCUT2D eigenvalue weighted by molar-refractivity contribution is -0.141. The summed E-state index contributed by atoms with van der Waals surface area (Å²) >= 11 is 0. The zero-order valence-electron chi connectivity index (χ0n) is 11.5. The number of hydrogen-bond donors (Lipinski definition) is 1. The van der Waals surface area contributed by atoms with Gasteiger partial charge in [0.15, 0.2) is 0 Å². The fraction of sp³-hybridized carbons (Fsp3) is 0.923. The molecule has 0 heterocycles. The van der Waals surface area contributed by atoms with Gasteiger partial charge in [-0.15, -0.1) is 0 Å². The van der Waals surface area contributed by atoms with Crippen molar-refractivity contribution in [1.82, 2.24) is 4.90 Å². The normalized spacial score (nSPS) is 18.2. The maximum absolute atomic E-state index is 11.2. The maximum atomic E-state index is 11.2. The summed E-state index contributed by atoms with van der Waals surface area (Å²) in [6.07, 6.45) is 4.25. The summed E-state index contributed by atoms with van der Waals surface area (Å²) in [6.45, 7) is 2.57. The van der Waals surface area contributed by atoms with Gasteiger partial charge in [0.2, 0.25) is 0 Å². The van der Waals surface area contributed by atoms with E-state index >= 15 is 0 Å². The molecule has 0 aliphatic heterocycles. The summed E-state index contributed by atoms with van der Waals surface area (Å²) in [7, 11) is 3.05. The lowest BCUT2D eigenvalue weighted by Gasteiger charge is -2.31. The average molecular weight is 259 g/mol. The third kappa shape index (κ3) is 5.33. The molecule has 106 valence electrons. The summed E-state index contributed by atoms with van der Waals surface area (Å²) in [5, 5.41) is 10.4. The van der Waals surface area contributed by atoms with Gasteiger partial charge in [0.1, 0.15) is 0 Å². The van der Waals surface area contributed by atoms with Crippen LogP contribution in [0.1, 0.15) is 32.1 Å². The van der Waals surface area contributed by atoms with Crippen molar-refractivity contribution in [3.63, 3.8) is 0 Å². The first-order valence-corrected chi connectivity index (χ1v) is 6.60. The van der Waals surface area contributed by atoms with Crippen molar-refractivity contribution in [2.24, 2.45) is 0 Å². The highest BCUT2D eigenvalue weighted by Crippen LogP contribution is 2.30. The van der Waals surface area contributed by atoms with Crippen LogP contribution in [0.3, 0.4) is 0 Å². The predicted molar refractivity (Wildman–Crippen MR) is 68.4 cm³/mol. The average Bonchev–Trinajstić information content (AvgIpc) is 2.79. The topological polar surface area (TPSA) is 59.0 Å². The fourth-order valence-electron chi connectivity index (χ4n) is 2.45. The third-order valence-electron chi connectivity index (χ3n) is 3.52. The summed E-state index contributed by atoms with van der Waals surface area (Å²) < 4.78 is 9.70. The van der Waals surface area contributed by atoms with Gasteiger partial charge in [-0.05, 0) is 12.8 Å². The monoisotopic (exact) mass is 259 g/mol. The number of ether oxygens (including phenoxy) is 2. The Morgan fingerprint density at radius 3 is 2.50 bits per heavy atom. The highest BCUT2D eigenvalue weighted by atomic mass is 16.5. The summed E-state index contributed by atoms with van der Waals surface area (Å²) in [6, 6.07) is 0. The molecular formula is C13H25NO4. The van der Waals surface area contributed by atoms with Crippen LogP contribution in [0, 0.1) is 0 Å². The zero-order chi connectivity index (χ0) is 13.4. The Morgan fingerprint density at radius 1 is 1.28 bits per heavy atom. The van der Waals surface area contributed by atoms with Crippen LogP contribution in [0.4, 0.5) is 0 Å². The summed E-state index contributed by atoms with van der Waals surface area (Å²) in [5.74, 6) is -0.212. The standard InChI is InChI=1S/C13H25NO4/c1-17-10-9-14(8-5-12(15)18-2)11-13(16)6-3-4-7-13/h16H,3-11H2,1-2H3. The first-order valence-electron chi connectivity index (χ1n) is 6.60. The Balaban J connectivity index is 2.41. The van der Waals surface area contributed by atoms with Gasteiger partial charge < -0.3 is 14.6 Å². The minimum absolute atomic E-state index is 0.212. The van der Waals surface area contributed by atoms with Gasteiger partial charge in [0, 0.05) is 26.7 Å². The molecule has 1 N–H and O–H groups in total. The number of methoxy groups -OCH3 is 2. The van der Waals surface area contributed by atoms with E-state index in [4.69, 9.17) is 4.74 Å². The van der Waals surface area contributed by atoms with Gasteiger partial charge in [-0.2, -0.15) is 0 Å². The maximum Gasteiger partial charge on any atom is 0.306 e. The van der Waals surface area contributed by atoms with E-state index in [0.29, 0.717) is 26.1 Å². The van der Waals surface area contributed by atoms with Crippen LogP contribution >= 0.6 is 0 Å². The van der Waals surface area contributed by atoms with Crippen LogP contribution in [-0.2, 0) is 14.3 Å². The number of rotatable bonds is 8. The van der Waals surface area contributed by atoms with E-state index in [2.05, 4.69) is 9.64 Å². The molecule has 0 aromatic carbocycles. The molecule has 1 aliphatic rings. The second kappa shape index (κ2) is 7.71. The predicted octanol–water partition coefficient (Wildman–Crippen LogP) is 0.803. The van der Waals surface area contributed by atoms with E-state index < -0.39 is 5.60 Å². The molecule has 18 heavy (non-hydrogen) atoms. The van der Waals surface area contributed by atoms with Crippen LogP contribution < -0.4 is 0 Å². The molecule has 5 heteroatoms. The Kier molecular flexibility index (Phi) is 6.60. The van der Waals surface area contributed by atoms with Crippen molar-refractivity contribution in [2.45, 2.75) is 37.7 Å². The molecule has 1 fully saturated rings. The van der Waals surface area contributed by atoms with E-state index in [1.54, 1.807) is 7.11 Å². The molecule has 0 bridgehead atoms. The van der Waals surface area contributed by atoms with Gasteiger partial charge in [0.05, 0.1) is 25.7 Å². The number of carbonyl (C=O) groups excluding carboxylic acids is 1. The van der Waals surface area contributed by atoms with Crippen LogP contribution in [0.15, 0.2) is 0 Å². The molecule has 0 aromatic heterocycles. The zero-order valence-corrected chi connectivity index (χ0v) is 11.5. The van der Waals surface area contributed by atoms with Gasteiger partial charge >= 0.3 is 5.97 Å². The molecule has 0 aromatic rings. The van der Waals surface area contributed by atoms with Crippen LogP contribution in [0.5, 0.6) is 0 Å². The van der Waals surface area contributed by atoms with Crippen molar-refractivity contribution >= 4 is 5.97 Å². The van der Waals surface area contributed by atoms with Gasteiger partial charge in [-0.3, -0.25) is 9.69 Å². The SMILES string of the molecule is COCCN(CCC(=O)OC)CC1(O)CCCC1. The quantitative estimate of drug-likeness (QED) is 0.653. The number of carbonyl (C=O) groups is 1. The minimum atomic E-state index is -0.580. The first-order chi connectivity index (χ1) is 8.59. The van der Waals surface area contributed by atoms with E-state index in [0.717, 1.165) is 32.2 Å². The molecule has 0 spiro atoms. The van der Waals surface area contributed by atoms with Crippen molar-refractivity contribution in [3.8, 4) is 0 Å².